The minimum Gasteiger partial charge on any atom is -0.333 e. The van der Waals surface area contributed by atoms with E-state index in [1.807, 2.05) is 0 Å². The van der Waals surface area contributed by atoms with E-state index in [-0.39, 0.29) is 24.2 Å². The average Bonchev–Trinajstić information content (AvgIpc) is 2.50. The van der Waals surface area contributed by atoms with Crippen molar-refractivity contribution in [1.29, 1.82) is 0 Å². The normalized spacial score (nSPS) is 12.0. The van der Waals surface area contributed by atoms with Crippen LogP contribution in [0.15, 0.2) is 42.5 Å². The number of hydrogen-bond donors (Lipinski definition) is 2. The molecule has 0 aliphatic carbocycles. The second-order valence-electron chi connectivity index (χ2n) is 4.93. The minimum atomic E-state index is -0.923. The predicted octanol–water partition coefficient (Wildman–Crippen LogP) is 2.37. The van der Waals surface area contributed by atoms with Crippen molar-refractivity contribution in [3.8, 4) is 0 Å². The van der Waals surface area contributed by atoms with E-state index >= 15 is 0 Å². The summed E-state index contributed by atoms with van der Waals surface area (Å²) in [6.07, 6.45) is 0. The molecule has 0 spiro atoms. The van der Waals surface area contributed by atoms with Crippen molar-refractivity contribution in [3.05, 3.63) is 65.5 Å². The third kappa shape index (κ3) is 4.08. The number of anilines is 1. The number of nitrogens with two attached hydrogens (primary N) is 1. The Kier molecular flexibility index (Phi) is 5.16. The van der Waals surface area contributed by atoms with Gasteiger partial charge >= 0.3 is 0 Å². The molecular formula is C16H16F3N2O+. The summed E-state index contributed by atoms with van der Waals surface area (Å²) in [5, 5.41) is 4.11. The molecule has 3 nitrogen and oxygen atoms in total. The Labute approximate surface area is 126 Å². The molecule has 3 N–H and O–H groups in total. The van der Waals surface area contributed by atoms with Gasteiger partial charge < -0.3 is 10.6 Å². The van der Waals surface area contributed by atoms with Gasteiger partial charge in [-0.15, -0.1) is 0 Å². The summed E-state index contributed by atoms with van der Waals surface area (Å²) in [6.45, 7) is 1.80. The Bertz CT molecular complexity index is 676. The van der Waals surface area contributed by atoms with E-state index in [9.17, 15) is 18.0 Å². The van der Waals surface area contributed by atoms with Crippen LogP contribution in [0, 0.1) is 17.5 Å². The Morgan fingerprint density at radius 3 is 2.50 bits per heavy atom. The SMILES string of the molecule is C[C@H]([NH2+]CC(=O)Nc1ccccc1F)c1ccc(F)c(F)c1. The number of carbonyl (C=O) groups is 1. The maximum absolute atomic E-state index is 13.4. The third-order valence-electron chi connectivity index (χ3n) is 3.27. The van der Waals surface area contributed by atoms with Crippen molar-refractivity contribution in [1.82, 2.24) is 0 Å². The van der Waals surface area contributed by atoms with Gasteiger partial charge in [-0.2, -0.15) is 0 Å². The smallest absolute Gasteiger partial charge is 0.279 e. The molecule has 2 aromatic carbocycles. The number of para-hydroxylation sites is 1. The van der Waals surface area contributed by atoms with Gasteiger partial charge in [0.15, 0.2) is 18.2 Å². The molecule has 22 heavy (non-hydrogen) atoms. The molecule has 0 radical (unpaired) electrons. The lowest BCUT2D eigenvalue weighted by Gasteiger charge is -2.11. The van der Waals surface area contributed by atoms with Gasteiger partial charge in [0.25, 0.3) is 5.91 Å². The van der Waals surface area contributed by atoms with Crippen LogP contribution in [0.1, 0.15) is 18.5 Å². The molecule has 6 heteroatoms. The van der Waals surface area contributed by atoms with Gasteiger partial charge in [0.1, 0.15) is 11.9 Å². The zero-order valence-electron chi connectivity index (χ0n) is 11.9. The molecule has 1 atom stereocenters. The van der Waals surface area contributed by atoms with Crippen LogP contribution < -0.4 is 10.6 Å². The highest BCUT2D eigenvalue weighted by atomic mass is 19.2. The lowest BCUT2D eigenvalue weighted by Crippen LogP contribution is -2.86. The summed E-state index contributed by atoms with van der Waals surface area (Å²) in [4.78, 5) is 11.8. The fraction of sp³-hybridized carbons (Fsp3) is 0.188. The minimum absolute atomic E-state index is 0.0362. The van der Waals surface area contributed by atoms with Crippen LogP contribution in [0.25, 0.3) is 0 Å². The van der Waals surface area contributed by atoms with Crippen molar-refractivity contribution in [3.63, 3.8) is 0 Å². The predicted molar refractivity (Wildman–Crippen MR) is 76.6 cm³/mol. The molecule has 0 heterocycles. The number of halogens is 3. The number of nitrogens with one attached hydrogen (secondary N) is 1. The second kappa shape index (κ2) is 7.09. The highest BCUT2D eigenvalue weighted by molar-refractivity contribution is 5.91. The molecule has 0 aromatic heterocycles. The van der Waals surface area contributed by atoms with E-state index in [1.54, 1.807) is 18.3 Å². The number of amides is 1. The van der Waals surface area contributed by atoms with Gasteiger partial charge in [-0.25, -0.2) is 13.2 Å². The van der Waals surface area contributed by atoms with Crippen LogP contribution in [0.3, 0.4) is 0 Å². The monoisotopic (exact) mass is 309 g/mol. The van der Waals surface area contributed by atoms with Crippen molar-refractivity contribution >= 4 is 11.6 Å². The number of rotatable bonds is 5. The Balaban J connectivity index is 1.90. The van der Waals surface area contributed by atoms with Crippen LogP contribution in [0.4, 0.5) is 18.9 Å². The first-order valence-electron chi connectivity index (χ1n) is 6.80. The lowest BCUT2D eigenvalue weighted by atomic mass is 10.1. The van der Waals surface area contributed by atoms with Crippen molar-refractivity contribution in [2.75, 3.05) is 11.9 Å². The molecule has 116 valence electrons. The highest BCUT2D eigenvalue weighted by Crippen LogP contribution is 2.13. The Morgan fingerprint density at radius 2 is 1.82 bits per heavy atom. The maximum Gasteiger partial charge on any atom is 0.279 e. The third-order valence-corrected chi connectivity index (χ3v) is 3.27. The molecule has 0 aliphatic rings. The second-order valence-corrected chi connectivity index (χ2v) is 4.93. The molecule has 0 saturated carbocycles. The highest BCUT2D eigenvalue weighted by Gasteiger charge is 2.14. The summed E-state index contributed by atoms with van der Waals surface area (Å²) in [5.41, 5.74) is 0.680. The summed E-state index contributed by atoms with van der Waals surface area (Å²) >= 11 is 0. The topological polar surface area (TPSA) is 45.7 Å². The molecule has 1 amide bonds. The van der Waals surface area contributed by atoms with Crippen LogP contribution in [-0.2, 0) is 4.79 Å². The van der Waals surface area contributed by atoms with Gasteiger partial charge in [0.2, 0.25) is 0 Å². The molecule has 0 unspecified atom stereocenters. The van der Waals surface area contributed by atoms with E-state index in [0.29, 0.717) is 5.56 Å². The van der Waals surface area contributed by atoms with E-state index in [4.69, 9.17) is 0 Å². The standard InChI is InChI=1S/C16H15F3N2O/c1-10(11-6-7-12(17)14(19)8-11)20-9-16(22)21-15-5-3-2-4-13(15)18/h2-8,10,20H,9H2,1H3,(H,21,22)/p+1/t10-/m0/s1. The molecule has 0 fully saturated rings. The van der Waals surface area contributed by atoms with Crippen molar-refractivity contribution < 1.29 is 23.3 Å². The van der Waals surface area contributed by atoms with Crippen molar-refractivity contribution in [2.45, 2.75) is 13.0 Å². The van der Waals surface area contributed by atoms with Crippen LogP contribution in [0.2, 0.25) is 0 Å². The van der Waals surface area contributed by atoms with Gasteiger partial charge in [-0.3, -0.25) is 4.79 Å². The van der Waals surface area contributed by atoms with Crippen LogP contribution in [-0.4, -0.2) is 12.5 Å². The van der Waals surface area contributed by atoms with E-state index in [1.165, 1.54) is 24.3 Å². The van der Waals surface area contributed by atoms with E-state index < -0.39 is 17.5 Å². The first-order chi connectivity index (χ1) is 10.5. The zero-order valence-corrected chi connectivity index (χ0v) is 11.9. The fourth-order valence-electron chi connectivity index (χ4n) is 1.98. The van der Waals surface area contributed by atoms with Crippen molar-refractivity contribution in [2.24, 2.45) is 0 Å². The largest absolute Gasteiger partial charge is 0.333 e. The quantitative estimate of drug-likeness (QED) is 0.875. The van der Waals surface area contributed by atoms with Crippen LogP contribution in [0.5, 0.6) is 0 Å². The molecule has 2 aromatic rings. The Hall–Kier alpha value is -2.34. The van der Waals surface area contributed by atoms with E-state index in [2.05, 4.69) is 5.32 Å². The molecule has 0 aliphatic heterocycles. The fourth-order valence-corrected chi connectivity index (χ4v) is 1.98. The van der Waals surface area contributed by atoms with Gasteiger partial charge in [0.05, 0.1) is 5.69 Å². The molecular weight excluding hydrogens is 293 g/mol. The van der Waals surface area contributed by atoms with E-state index in [0.717, 1.165) is 12.1 Å². The number of quaternary nitrogens is 1. The number of benzene rings is 2. The summed E-state index contributed by atoms with van der Waals surface area (Å²) < 4.78 is 39.4. The maximum atomic E-state index is 13.4. The zero-order chi connectivity index (χ0) is 16.1. The first kappa shape index (κ1) is 16.0. The summed E-state index contributed by atoms with van der Waals surface area (Å²) in [7, 11) is 0. The molecule has 0 bridgehead atoms. The van der Waals surface area contributed by atoms with Gasteiger partial charge in [-0.1, -0.05) is 12.1 Å². The summed E-state index contributed by atoms with van der Waals surface area (Å²) in [6, 6.07) is 9.25. The summed E-state index contributed by atoms with van der Waals surface area (Å²) in [5.74, 6) is -2.72. The number of hydrogen-bond acceptors (Lipinski definition) is 1. The first-order valence-corrected chi connectivity index (χ1v) is 6.80. The molecule has 2 rings (SSSR count). The average molecular weight is 309 g/mol. The van der Waals surface area contributed by atoms with Gasteiger partial charge in [-0.05, 0) is 37.3 Å². The number of carbonyl (C=O) groups excluding carboxylic acids is 1. The molecule has 0 saturated heterocycles. The Morgan fingerprint density at radius 1 is 1.09 bits per heavy atom. The van der Waals surface area contributed by atoms with Crippen LogP contribution >= 0.6 is 0 Å². The van der Waals surface area contributed by atoms with Gasteiger partial charge in [0, 0.05) is 5.56 Å². The lowest BCUT2D eigenvalue weighted by molar-refractivity contribution is -0.682.